The number of nitrogens with zero attached hydrogens (tertiary/aromatic N) is 2. The van der Waals surface area contributed by atoms with Crippen molar-refractivity contribution >= 4 is 19.9 Å². The predicted octanol–water partition coefficient (Wildman–Crippen LogP) is 1.77. The van der Waals surface area contributed by atoms with E-state index in [1.54, 1.807) is 6.07 Å². The van der Waals surface area contributed by atoms with Gasteiger partial charge in [-0.3, -0.25) is 4.98 Å². The lowest BCUT2D eigenvalue weighted by Crippen LogP contribution is -2.33. The van der Waals surface area contributed by atoms with Crippen LogP contribution >= 0.6 is 0 Å². The maximum Gasteiger partial charge on any atom is 0.244 e. The number of aromatic nitrogens is 1. The van der Waals surface area contributed by atoms with Crippen molar-refractivity contribution in [1.29, 1.82) is 0 Å². The van der Waals surface area contributed by atoms with Gasteiger partial charge in [-0.05, 0) is 24.6 Å². The molecule has 1 aliphatic rings. The number of rotatable bonds is 3. The van der Waals surface area contributed by atoms with Crippen molar-refractivity contribution in [2.45, 2.75) is 16.6 Å². The Hall–Kier alpha value is -1.84. The topological polar surface area (TPSA) is 84.4 Å². The summed E-state index contributed by atoms with van der Waals surface area (Å²) in [7, 11) is -7.51. The van der Waals surface area contributed by atoms with Gasteiger partial charge < -0.3 is 0 Å². The van der Waals surface area contributed by atoms with E-state index in [-0.39, 0.29) is 35.7 Å². The molecule has 0 saturated carbocycles. The molecule has 2 heterocycles. The molecule has 1 saturated heterocycles. The van der Waals surface area contributed by atoms with Gasteiger partial charge in [0, 0.05) is 31.0 Å². The standard InChI is InChI=1S/C16H17FN2O4S2/c17-15-6-2-1-5-14(15)16-7-9-19(10-11-24(16,20)21)25(22,23)13-4-3-8-18-12-13/h1-6,8,12,16H,7,9-11H2. The van der Waals surface area contributed by atoms with E-state index >= 15 is 0 Å². The zero-order valence-electron chi connectivity index (χ0n) is 13.2. The molecule has 2 aromatic rings. The van der Waals surface area contributed by atoms with Crippen molar-refractivity contribution in [2.24, 2.45) is 0 Å². The Kier molecular flexibility index (Phi) is 4.90. The molecule has 1 atom stereocenters. The number of halogens is 1. The third kappa shape index (κ3) is 3.58. The maximum atomic E-state index is 14.0. The summed E-state index contributed by atoms with van der Waals surface area (Å²) in [5, 5.41) is -1.05. The molecule has 1 aromatic heterocycles. The van der Waals surface area contributed by atoms with Crippen LogP contribution in [0.3, 0.4) is 0 Å². The average molecular weight is 384 g/mol. The van der Waals surface area contributed by atoms with E-state index in [2.05, 4.69) is 4.98 Å². The smallest absolute Gasteiger partial charge is 0.244 e. The van der Waals surface area contributed by atoms with Gasteiger partial charge in [0.05, 0.1) is 11.0 Å². The minimum absolute atomic E-state index is 0.00274. The van der Waals surface area contributed by atoms with Crippen LogP contribution in [0.2, 0.25) is 0 Å². The van der Waals surface area contributed by atoms with Crippen molar-refractivity contribution in [1.82, 2.24) is 9.29 Å². The fourth-order valence-electron chi connectivity index (χ4n) is 2.90. The van der Waals surface area contributed by atoms with Crippen LogP contribution in [0.15, 0.2) is 53.7 Å². The molecule has 3 rings (SSSR count). The van der Waals surface area contributed by atoms with Crippen LogP contribution in [0.4, 0.5) is 4.39 Å². The lowest BCUT2D eigenvalue weighted by Gasteiger charge is -2.19. The molecule has 1 aliphatic heterocycles. The zero-order chi connectivity index (χ0) is 18.1. The van der Waals surface area contributed by atoms with Gasteiger partial charge in [-0.25, -0.2) is 21.2 Å². The fraction of sp³-hybridized carbons (Fsp3) is 0.312. The van der Waals surface area contributed by atoms with Gasteiger partial charge in [-0.15, -0.1) is 0 Å². The summed E-state index contributed by atoms with van der Waals surface area (Å²) in [6.07, 6.45) is 2.69. The van der Waals surface area contributed by atoms with Gasteiger partial charge >= 0.3 is 0 Å². The highest BCUT2D eigenvalue weighted by Crippen LogP contribution is 2.32. The molecule has 0 bridgehead atoms. The van der Waals surface area contributed by atoms with E-state index < -0.39 is 30.9 Å². The van der Waals surface area contributed by atoms with E-state index in [1.165, 1.54) is 42.7 Å². The Morgan fingerprint density at radius 1 is 1.12 bits per heavy atom. The van der Waals surface area contributed by atoms with Crippen LogP contribution in [0.5, 0.6) is 0 Å². The summed E-state index contributed by atoms with van der Waals surface area (Å²) in [4.78, 5) is 3.81. The number of hydrogen-bond acceptors (Lipinski definition) is 5. The molecule has 0 amide bonds. The summed E-state index contributed by atoms with van der Waals surface area (Å²) < 4.78 is 65.7. The first kappa shape index (κ1) is 18.0. The lowest BCUT2D eigenvalue weighted by atomic mass is 10.1. The fourth-order valence-corrected chi connectivity index (χ4v) is 6.24. The summed E-state index contributed by atoms with van der Waals surface area (Å²) >= 11 is 0. The Balaban J connectivity index is 1.92. The maximum absolute atomic E-state index is 14.0. The van der Waals surface area contributed by atoms with Gasteiger partial charge in [0.1, 0.15) is 10.7 Å². The molecule has 6 nitrogen and oxygen atoms in total. The van der Waals surface area contributed by atoms with Gasteiger partial charge in [-0.1, -0.05) is 18.2 Å². The molecular weight excluding hydrogens is 367 g/mol. The zero-order valence-corrected chi connectivity index (χ0v) is 14.9. The summed E-state index contributed by atoms with van der Waals surface area (Å²) in [6, 6.07) is 8.62. The van der Waals surface area contributed by atoms with Gasteiger partial charge in [-0.2, -0.15) is 4.31 Å². The van der Waals surface area contributed by atoms with E-state index in [0.29, 0.717) is 0 Å². The largest absolute Gasteiger partial charge is 0.263 e. The minimum atomic E-state index is -3.84. The van der Waals surface area contributed by atoms with Crippen molar-refractivity contribution in [3.63, 3.8) is 0 Å². The van der Waals surface area contributed by atoms with E-state index in [9.17, 15) is 21.2 Å². The molecule has 0 spiro atoms. The molecule has 134 valence electrons. The van der Waals surface area contributed by atoms with Crippen molar-refractivity contribution in [2.75, 3.05) is 18.8 Å². The van der Waals surface area contributed by atoms with Gasteiger partial charge in [0.15, 0.2) is 9.84 Å². The highest BCUT2D eigenvalue weighted by molar-refractivity contribution is 7.92. The van der Waals surface area contributed by atoms with Crippen molar-refractivity contribution in [3.05, 3.63) is 60.2 Å². The first-order chi connectivity index (χ1) is 11.8. The Bertz CT molecular complexity index is 963. The average Bonchev–Trinajstić information content (AvgIpc) is 2.75. The van der Waals surface area contributed by atoms with Crippen LogP contribution in [-0.2, 0) is 19.9 Å². The van der Waals surface area contributed by atoms with Gasteiger partial charge in [0.2, 0.25) is 10.0 Å². The Morgan fingerprint density at radius 2 is 1.88 bits per heavy atom. The van der Waals surface area contributed by atoms with Crippen LogP contribution < -0.4 is 0 Å². The SMILES string of the molecule is O=S1(=O)CCN(S(=O)(=O)c2cccnc2)CCC1c1ccccc1F. The second-order valence-corrected chi connectivity index (χ2v) is 10.00. The highest BCUT2D eigenvalue weighted by atomic mass is 32.2. The highest BCUT2D eigenvalue weighted by Gasteiger charge is 2.36. The summed E-state index contributed by atoms with van der Waals surface area (Å²) in [6.45, 7) is -0.167. The lowest BCUT2D eigenvalue weighted by molar-refractivity contribution is 0.426. The van der Waals surface area contributed by atoms with Gasteiger partial charge in [0.25, 0.3) is 0 Å². The molecule has 25 heavy (non-hydrogen) atoms. The second-order valence-electron chi connectivity index (χ2n) is 5.76. The number of hydrogen-bond donors (Lipinski definition) is 0. The molecule has 0 radical (unpaired) electrons. The Labute approximate surface area is 146 Å². The second kappa shape index (κ2) is 6.81. The third-order valence-electron chi connectivity index (χ3n) is 4.22. The predicted molar refractivity (Wildman–Crippen MR) is 90.5 cm³/mol. The minimum Gasteiger partial charge on any atom is -0.263 e. The molecule has 0 N–H and O–H groups in total. The van der Waals surface area contributed by atoms with Crippen LogP contribution in [0.25, 0.3) is 0 Å². The van der Waals surface area contributed by atoms with Crippen molar-refractivity contribution in [3.8, 4) is 0 Å². The third-order valence-corrected chi connectivity index (χ3v) is 8.21. The first-order valence-electron chi connectivity index (χ1n) is 7.68. The number of benzene rings is 1. The summed E-state index contributed by atoms with van der Waals surface area (Å²) in [5.41, 5.74) is 0.0862. The normalized spacial score (nSPS) is 21.6. The van der Waals surface area contributed by atoms with Crippen LogP contribution in [0.1, 0.15) is 17.2 Å². The van der Waals surface area contributed by atoms with Crippen LogP contribution in [0, 0.1) is 5.82 Å². The monoisotopic (exact) mass is 384 g/mol. The number of pyridine rings is 1. The van der Waals surface area contributed by atoms with Crippen molar-refractivity contribution < 1.29 is 21.2 Å². The molecule has 1 fully saturated rings. The summed E-state index contributed by atoms with van der Waals surface area (Å²) in [5.74, 6) is -0.953. The molecular formula is C16H17FN2O4S2. The van der Waals surface area contributed by atoms with E-state index in [1.807, 2.05) is 0 Å². The van der Waals surface area contributed by atoms with Crippen LogP contribution in [-0.4, -0.2) is 45.0 Å². The quantitative estimate of drug-likeness (QED) is 0.805. The number of sulfone groups is 1. The molecule has 1 unspecified atom stereocenters. The molecule has 1 aromatic carbocycles. The van der Waals surface area contributed by atoms with E-state index in [0.717, 1.165) is 4.31 Å². The molecule has 0 aliphatic carbocycles. The number of sulfonamides is 1. The van der Waals surface area contributed by atoms with E-state index in [4.69, 9.17) is 0 Å². The first-order valence-corrected chi connectivity index (χ1v) is 10.8. The molecule has 9 heteroatoms. The Morgan fingerprint density at radius 3 is 2.56 bits per heavy atom.